The molecule has 1 aromatic carbocycles. The summed E-state index contributed by atoms with van der Waals surface area (Å²) >= 11 is 0. The van der Waals surface area contributed by atoms with Gasteiger partial charge in [-0.1, -0.05) is 24.0 Å². The van der Waals surface area contributed by atoms with Gasteiger partial charge in [-0.25, -0.2) is 0 Å². The highest BCUT2D eigenvalue weighted by atomic mass is 16.2. The summed E-state index contributed by atoms with van der Waals surface area (Å²) in [6.45, 7) is 0.0619. The molecule has 3 heteroatoms. The van der Waals surface area contributed by atoms with Crippen molar-refractivity contribution in [2.75, 3.05) is 11.9 Å². The van der Waals surface area contributed by atoms with Gasteiger partial charge in [0.15, 0.2) is 0 Å². The van der Waals surface area contributed by atoms with E-state index in [0.29, 0.717) is 6.42 Å². The standard InChI is InChI=1S/C17H19NO2/c19-8-4-3-6-12-5-1-2-7-16(12)18-17(20)15-10-13-9-14(13)11-15/h1-2,5,7,13-15,19H,4,8-11H2,(H,18,20). The Morgan fingerprint density at radius 3 is 2.75 bits per heavy atom. The second-order valence-electron chi connectivity index (χ2n) is 5.73. The molecule has 0 saturated heterocycles. The van der Waals surface area contributed by atoms with E-state index in [1.807, 2.05) is 24.3 Å². The third kappa shape index (κ3) is 2.86. The van der Waals surface area contributed by atoms with Crippen LogP contribution in [0.2, 0.25) is 0 Å². The first kappa shape index (κ1) is 13.2. The van der Waals surface area contributed by atoms with E-state index >= 15 is 0 Å². The summed E-state index contributed by atoms with van der Waals surface area (Å²) < 4.78 is 0. The molecule has 1 aromatic rings. The SMILES string of the molecule is O=C(Nc1ccccc1C#CCCO)C1CC2CC2C1. The summed E-state index contributed by atoms with van der Waals surface area (Å²) in [5.74, 6) is 7.83. The lowest BCUT2D eigenvalue weighted by atomic mass is 10.0. The predicted molar refractivity (Wildman–Crippen MR) is 78.0 cm³/mol. The van der Waals surface area contributed by atoms with Crippen LogP contribution in [0.5, 0.6) is 0 Å². The Hall–Kier alpha value is -1.79. The average molecular weight is 269 g/mol. The molecule has 3 rings (SSSR count). The molecule has 20 heavy (non-hydrogen) atoms. The lowest BCUT2D eigenvalue weighted by molar-refractivity contribution is -0.120. The number of para-hydroxylation sites is 1. The Kier molecular flexibility index (Phi) is 3.75. The first-order chi connectivity index (χ1) is 9.78. The van der Waals surface area contributed by atoms with Gasteiger partial charge in [-0.05, 0) is 43.2 Å². The van der Waals surface area contributed by atoms with Crippen molar-refractivity contribution in [3.8, 4) is 11.8 Å². The van der Waals surface area contributed by atoms with Crippen LogP contribution in [0.15, 0.2) is 24.3 Å². The molecular formula is C17H19NO2. The summed E-state index contributed by atoms with van der Waals surface area (Å²) in [5, 5.41) is 11.8. The van der Waals surface area contributed by atoms with Crippen molar-refractivity contribution in [2.24, 2.45) is 17.8 Å². The first-order valence-electron chi connectivity index (χ1n) is 7.27. The van der Waals surface area contributed by atoms with Crippen LogP contribution in [0.1, 0.15) is 31.2 Å². The molecule has 2 atom stereocenters. The number of carbonyl (C=O) groups is 1. The van der Waals surface area contributed by atoms with Gasteiger partial charge in [0.05, 0.1) is 12.3 Å². The quantitative estimate of drug-likeness (QED) is 0.828. The van der Waals surface area contributed by atoms with E-state index in [9.17, 15) is 4.79 Å². The molecule has 2 unspecified atom stereocenters. The molecule has 0 radical (unpaired) electrons. The molecule has 1 amide bonds. The van der Waals surface area contributed by atoms with Gasteiger partial charge in [-0.15, -0.1) is 0 Å². The number of hydrogen-bond donors (Lipinski definition) is 2. The minimum Gasteiger partial charge on any atom is -0.395 e. The number of benzene rings is 1. The van der Waals surface area contributed by atoms with E-state index < -0.39 is 0 Å². The minimum absolute atomic E-state index is 0.0619. The molecule has 0 heterocycles. The van der Waals surface area contributed by atoms with Crippen molar-refractivity contribution in [3.05, 3.63) is 29.8 Å². The average Bonchev–Trinajstić information content (AvgIpc) is 3.07. The summed E-state index contributed by atoms with van der Waals surface area (Å²) in [4.78, 5) is 12.3. The third-order valence-electron chi connectivity index (χ3n) is 4.26. The molecule has 2 saturated carbocycles. The largest absolute Gasteiger partial charge is 0.395 e. The van der Waals surface area contributed by atoms with Crippen LogP contribution in [-0.2, 0) is 4.79 Å². The Morgan fingerprint density at radius 2 is 2.00 bits per heavy atom. The topological polar surface area (TPSA) is 49.3 Å². The van der Waals surface area contributed by atoms with Crippen LogP contribution < -0.4 is 5.32 Å². The lowest BCUT2D eigenvalue weighted by Crippen LogP contribution is -2.22. The van der Waals surface area contributed by atoms with E-state index in [2.05, 4.69) is 17.2 Å². The van der Waals surface area contributed by atoms with Gasteiger partial charge in [0, 0.05) is 17.9 Å². The zero-order chi connectivity index (χ0) is 13.9. The number of amides is 1. The fraction of sp³-hybridized carbons (Fsp3) is 0.471. The van der Waals surface area contributed by atoms with Crippen LogP contribution in [0, 0.1) is 29.6 Å². The molecule has 104 valence electrons. The maximum atomic E-state index is 12.3. The van der Waals surface area contributed by atoms with E-state index in [0.717, 1.165) is 35.9 Å². The van der Waals surface area contributed by atoms with E-state index in [1.165, 1.54) is 6.42 Å². The highest BCUT2D eigenvalue weighted by molar-refractivity contribution is 5.94. The van der Waals surface area contributed by atoms with Crippen molar-refractivity contribution in [1.82, 2.24) is 0 Å². The van der Waals surface area contributed by atoms with Crippen LogP contribution in [0.25, 0.3) is 0 Å². The number of aliphatic hydroxyl groups is 1. The zero-order valence-electron chi connectivity index (χ0n) is 11.4. The van der Waals surface area contributed by atoms with Gasteiger partial charge in [0.25, 0.3) is 0 Å². The van der Waals surface area contributed by atoms with Crippen LogP contribution in [-0.4, -0.2) is 17.6 Å². The molecule has 2 aliphatic carbocycles. The fourth-order valence-corrected chi connectivity index (χ4v) is 3.08. The van der Waals surface area contributed by atoms with Gasteiger partial charge in [0.1, 0.15) is 0 Å². The minimum atomic E-state index is 0.0619. The highest BCUT2D eigenvalue weighted by Gasteiger charge is 2.47. The van der Waals surface area contributed by atoms with Crippen LogP contribution in [0.4, 0.5) is 5.69 Å². The molecule has 0 aromatic heterocycles. The summed E-state index contributed by atoms with van der Waals surface area (Å²) in [6.07, 6.45) is 3.88. The Morgan fingerprint density at radius 1 is 1.25 bits per heavy atom. The zero-order valence-corrected chi connectivity index (χ0v) is 11.4. The van der Waals surface area contributed by atoms with Crippen LogP contribution in [0.3, 0.4) is 0 Å². The second kappa shape index (κ2) is 5.68. The number of rotatable bonds is 3. The predicted octanol–water partition coefficient (Wildman–Crippen LogP) is 2.41. The Labute approximate surface area is 119 Å². The number of fused-ring (bicyclic) bond motifs is 1. The lowest BCUT2D eigenvalue weighted by Gasteiger charge is -2.13. The van der Waals surface area contributed by atoms with Gasteiger partial charge >= 0.3 is 0 Å². The van der Waals surface area contributed by atoms with Crippen molar-refractivity contribution >= 4 is 11.6 Å². The van der Waals surface area contributed by atoms with Crippen molar-refractivity contribution in [3.63, 3.8) is 0 Å². The Balaban J connectivity index is 1.67. The number of anilines is 1. The molecule has 0 bridgehead atoms. The van der Waals surface area contributed by atoms with E-state index in [1.54, 1.807) is 0 Å². The number of hydrogen-bond acceptors (Lipinski definition) is 2. The summed E-state index contributed by atoms with van der Waals surface area (Å²) in [7, 11) is 0. The monoisotopic (exact) mass is 269 g/mol. The molecule has 2 aliphatic rings. The van der Waals surface area contributed by atoms with E-state index in [-0.39, 0.29) is 18.4 Å². The van der Waals surface area contributed by atoms with Gasteiger partial charge in [-0.3, -0.25) is 4.79 Å². The maximum Gasteiger partial charge on any atom is 0.227 e. The highest BCUT2D eigenvalue weighted by Crippen LogP contribution is 2.54. The Bertz CT molecular complexity index is 560. The van der Waals surface area contributed by atoms with Crippen molar-refractivity contribution in [1.29, 1.82) is 0 Å². The van der Waals surface area contributed by atoms with Gasteiger partial charge in [-0.2, -0.15) is 0 Å². The number of carbonyl (C=O) groups excluding carboxylic acids is 1. The number of aliphatic hydroxyl groups excluding tert-OH is 1. The van der Waals surface area contributed by atoms with Crippen molar-refractivity contribution in [2.45, 2.75) is 25.7 Å². The van der Waals surface area contributed by atoms with Crippen LogP contribution >= 0.6 is 0 Å². The van der Waals surface area contributed by atoms with Gasteiger partial charge in [0.2, 0.25) is 5.91 Å². The molecular weight excluding hydrogens is 250 g/mol. The smallest absolute Gasteiger partial charge is 0.227 e. The maximum absolute atomic E-state index is 12.3. The molecule has 3 nitrogen and oxygen atoms in total. The molecule has 2 fully saturated rings. The van der Waals surface area contributed by atoms with Gasteiger partial charge < -0.3 is 10.4 Å². The van der Waals surface area contributed by atoms with Crippen molar-refractivity contribution < 1.29 is 9.90 Å². The molecule has 0 spiro atoms. The fourth-order valence-electron chi connectivity index (χ4n) is 3.08. The molecule has 0 aliphatic heterocycles. The molecule has 2 N–H and O–H groups in total. The normalized spacial score (nSPS) is 26.4. The third-order valence-corrected chi connectivity index (χ3v) is 4.26. The first-order valence-corrected chi connectivity index (χ1v) is 7.27. The second-order valence-corrected chi connectivity index (χ2v) is 5.73. The van der Waals surface area contributed by atoms with E-state index in [4.69, 9.17) is 5.11 Å². The summed E-state index contributed by atoms with van der Waals surface area (Å²) in [5.41, 5.74) is 1.60. The summed E-state index contributed by atoms with van der Waals surface area (Å²) in [6, 6.07) is 7.59. The number of nitrogens with one attached hydrogen (secondary N) is 1.